The lowest BCUT2D eigenvalue weighted by Gasteiger charge is -2.25. The van der Waals surface area contributed by atoms with Gasteiger partial charge >= 0.3 is 5.97 Å². The molecule has 11 heteroatoms. The van der Waals surface area contributed by atoms with Crippen molar-refractivity contribution in [1.82, 2.24) is 19.9 Å². The number of para-hydroxylation sites is 1. The number of rotatable bonds is 15. The molecule has 1 aliphatic rings. The zero-order valence-corrected chi connectivity index (χ0v) is 22.3. The third-order valence-corrected chi connectivity index (χ3v) is 7.40. The molecule has 1 aliphatic heterocycles. The topological polar surface area (TPSA) is 143 Å². The summed E-state index contributed by atoms with van der Waals surface area (Å²) in [6.07, 6.45) is 7.22. The quantitative estimate of drug-likeness (QED) is 0.194. The van der Waals surface area contributed by atoms with E-state index < -0.39 is 23.1 Å². The first-order valence-corrected chi connectivity index (χ1v) is 14.4. The fourth-order valence-electron chi connectivity index (χ4n) is 4.74. The Morgan fingerprint density at radius 1 is 1.13 bits per heavy atom. The van der Waals surface area contributed by atoms with Crippen molar-refractivity contribution < 1.29 is 18.7 Å². The number of fused-ring (bicyclic) bond motifs is 2. The lowest BCUT2D eigenvalue weighted by Crippen LogP contribution is -2.36. The van der Waals surface area contributed by atoms with Gasteiger partial charge in [-0.05, 0) is 81.8 Å². The van der Waals surface area contributed by atoms with Crippen molar-refractivity contribution >= 4 is 39.6 Å². The van der Waals surface area contributed by atoms with Crippen molar-refractivity contribution in [1.29, 1.82) is 0 Å². The van der Waals surface area contributed by atoms with E-state index in [2.05, 4.69) is 37.6 Å². The van der Waals surface area contributed by atoms with Crippen molar-refractivity contribution in [2.45, 2.75) is 51.0 Å². The molecule has 0 radical (unpaired) electrons. The van der Waals surface area contributed by atoms with Gasteiger partial charge in [0.15, 0.2) is 0 Å². The second-order valence-electron chi connectivity index (χ2n) is 9.56. The third kappa shape index (κ3) is 8.17. The van der Waals surface area contributed by atoms with Crippen LogP contribution in [0.2, 0.25) is 0 Å². The molecule has 2 unspecified atom stereocenters. The molecule has 0 bridgehead atoms. The normalized spacial score (nSPS) is 14.6. The van der Waals surface area contributed by atoms with Gasteiger partial charge in [0.05, 0.1) is 5.52 Å². The van der Waals surface area contributed by atoms with E-state index >= 15 is 0 Å². The minimum absolute atomic E-state index is 0.0933. The summed E-state index contributed by atoms with van der Waals surface area (Å²) < 4.78 is 22.1. The Morgan fingerprint density at radius 2 is 1.97 bits per heavy atom. The molecule has 1 aromatic carbocycles. The zero-order valence-electron chi connectivity index (χ0n) is 21.5. The number of unbranched alkanes of at least 4 members (excludes halogenated alkanes) is 1. The summed E-state index contributed by atoms with van der Waals surface area (Å²) in [5.74, 6) is 0.629. The van der Waals surface area contributed by atoms with Crippen LogP contribution in [0, 0.1) is 0 Å². The molecular weight excluding hydrogens is 504 g/mol. The van der Waals surface area contributed by atoms with Crippen molar-refractivity contribution in [3.8, 4) is 0 Å². The number of nitrogens with zero attached hydrogens (tertiary/aromatic N) is 4. The van der Waals surface area contributed by atoms with Crippen LogP contribution in [-0.4, -0.2) is 77.7 Å². The Morgan fingerprint density at radius 3 is 2.82 bits per heavy atom. The largest absolute Gasteiger partial charge is 0.772 e. The fraction of sp³-hybridized carbons (Fsp3) is 0.481. The number of carbonyl (C=O) groups is 1. The number of anilines is 2. The third-order valence-electron chi connectivity index (χ3n) is 6.78. The first-order valence-electron chi connectivity index (χ1n) is 13.2. The Bertz CT molecular complexity index is 1240. The SMILES string of the molecule is O=C(O)C(CCN(CCCCc1ccc2c(n1)NCCC2)CCCS(=O)[O-])Nc1ncnc2ccccc12. The van der Waals surface area contributed by atoms with Crippen molar-refractivity contribution in [2.75, 3.05) is 42.6 Å². The number of nitrogens with one attached hydrogen (secondary N) is 2. The van der Waals surface area contributed by atoms with E-state index in [1.165, 1.54) is 11.9 Å². The van der Waals surface area contributed by atoms with Crippen LogP contribution in [0.15, 0.2) is 42.7 Å². The van der Waals surface area contributed by atoms with Crippen molar-refractivity contribution in [3.63, 3.8) is 0 Å². The van der Waals surface area contributed by atoms with Gasteiger partial charge in [-0.1, -0.05) is 29.3 Å². The van der Waals surface area contributed by atoms with Crippen LogP contribution >= 0.6 is 0 Å². The summed E-state index contributed by atoms with van der Waals surface area (Å²) >= 11 is -2.09. The monoisotopic (exact) mass is 539 g/mol. The van der Waals surface area contributed by atoms with Crippen LogP contribution in [0.4, 0.5) is 11.6 Å². The summed E-state index contributed by atoms with van der Waals surface area (Å²) in [6.45, 7) is 2.85. The zero-order chi connectivity index (χ0) is 26.7. The highest BCUT2D eigenvalue weighted by Gasteiger charge is 2.20. The second-order valence-corrected chi connectivity index (χ2v) is 10.6. The molecule has 0 aliphatic carbocycles. The molecule has 4 rings (SSSR count). The van der Waals surface area contributed by atoms with Crippen LogP contribution in [0.25, 0.3) is 10.9 Å². The van der Waals surface area contributed by atoms with Crippen molar-refractivity contribution in [2.24, 2.45) is 0 Å². The lowest BCUT2D eigenvalue weighted by molar-refractivity contribution is -0.138. The van der Waals surface area contributed by atoms with E-state index in [0.29, 0.717) is 31.7 Å². The number of hydrogen-bond acceptors (Lipinski definition) is 9. The Labute approximate surface area is 225 Å². The molecule has 10 nitrogen and oxygen atoms in total. The molecule has 0 fully saturated rings. The van der Waals surface area contributed by atoms with E-state index in [-0.39, 0.29) is 5.75 Å². The van der Waals surface area contributed by atoms with Crippen LogP contribution in [0.1, 0.15) is 43.4 Å². The first-order chi connectivity index (χ1) is 18.5. The molecule has 0 spiro atoms. The van der Waals surface area contributed by atoms with E-state index in [1.807, 2.05) is 24.3 Å². The summed E-state index contributed by atoms with van der Waals surface area (Å²) in [7, 11) is 0. The van der Waals surface area contributed by atoms with Gasteiger partial charge in [0.2, 0.25) is 0 Å². The van der Waals surface area contributed by atoms with Gasteiger partial charge in [0.1, 0.15) is 24.0 Å². The number of aryl methyl sites for hydroxylation is 2. The van der Waals surface area contributed by atoms with Gasteiger partial charge in [0.25, 0.3) is 0 Å². The van der Waals surface area contributed by atoms with Gasteiger partial charge in [-0.15, -0.1) is 0 Å². The lowest BCUT2D eigenvalue weighted by atomic mass is 10.1. The minimum Gasteiger partial charge on any atom is -0.772 e. The smallest absolute Gasteiger partial charge is 0.326 e. The number of pyridine rings is 1. The summed E-state index contributed by atoms with van der Waals surface area (Å²) in [5, 5.41) is 17.1. The molecule has 3 aromatic rings. The minimum atomic E-state index is -2.09. The van der Waals surface area contributed by atoms with Gasteiger partial charge in [-0.25, -0.2) is 19.7 Å². The molecular formula is C27H35N6O4S-. The second kappa shape index (κ2) is 14.1. The van der Waals surface area contributed by atoms with Crippen LogP contribution < -0.4 is 10.6 Å². The molecule has 2 atom stereocenters. The van der Waals surface area contributed by atoms with E-state index in [9.17, 15) is 18.7 Å². The molecule has 3 heterocycles. The maximum Gasteiger partial charge on any atom is 0.326 e. The Balaban J connectivity index is 1.31. The maximum atomic E-state index is 12.1. The predicted molar refractivity (Wildman–Crippen MR) is 148 cm³/mol. The van der Waals surface area contributed by atoms with E-state index in [4.69, 9.17) is 4.98 Å². The molecule has 2 aromatic heterocycles. The van der Waals surface area contributed by atoms with Gasteiger partial charge in [0, 0.05) is 29.9 Å². The average Bonchev–Trinajstić information content (AvgIpc) is 2.92. The summed E-state index contributed by atoms with van der Waals surface area (Å²) in [4.78, 5) is 27.5. The van der Waals surface area contributed by atoms with Gasteiger partial charge in [-0.2, -0.15) is 0 Å². The van der Waals surface area contributed by atoms with Crippen LogP contribution in [0.3, 0.4) is 0 Å². The van der Waals surface area contributed by atoms with E-state index in [1.54, 1.807) is 0 Å². The van der Waals surface area contributed by atoms with Gasteiger partial charge in [-0.3, -0.25) is 4.21 Å². The summed E-state index contributed by atoms with van der Waals surface area (Å²) in [6, 6.07) is 10.9. The highest BCUT2D eigenvalue weighted by atomic mass is 32.2. The fourth-order valence-corrected chi connectivity index (χ4v) is 5.11. The molecule has 0 saturated carbocycles. The highest BCUT2D eigenvalue weighted by Crippen LogP contribution is 2.21. The Hall–Kier alpha value is -3.15. The molecule has 204 valence electrons. The van der Waals surface area contributed by atoms with Gasteiger partial charge < -0.3 is 25.2 Å². The number of benzene rings is 1. The number of carboxylic acids is 1. The first kappa shape index (κ1) is 27.9. The molecule has 0 amide bonds. The maximum absolute atomic E-state index is 12.1. The van der Waals surface area contributed by atoms with Crippen molar-refractivity contribution in [3.05, 3.63) is 54.0 Å². The number of carboxylic acid groups (broad SMARTS) is 1. The highest BCUT2D eigenvalue weighted by molar-refractivity contribution is 7.79. The molecule has 38 heavy (non-hydrogen) atoms. The molecule has 3 N–H and O–H groups in total. The standard InChI is InChI=1S/C27H36N6O4S/c34-27(35)24(32-26-22-9-1-2-10-23(22)29-19-30-26)13-17-33(16-6-18-38(36)37)15-4-3-8-21-12-11-20-7-5-14-28-25(20)31-21/h1-2,9-12,19,24H,3-8,13-18H2,(H,28,31)(H,34,35)(H,36,37)(H,29,30,32)/p-1. The summed E-state index contributed by atoms with van der Waals surface area (Å²) in [5.41, 5.74) is 3.09. The number of hydrogen-bond donors (Lipinski definition) is 3. The van der Waals surface area contributed by atoms with E-state index in [0.717, 1.165) is 67.6 Å². The average molecular weight is 540 g/mol. The Kier molecular flexibility index (Phi) is 10.4. The van der Waals surface area contributed by atoms with Crippen LogP contribution in [-0.2, 0) is 28.7 Å². The predicted octanol–water partition coefficient (Wildman–Crippen LogP) is 3.23. The number of aliphatic carboxylic acids is 1. The number of aromatic nitrogens is 3. The molecule has 0 saturated heterocycles. The van der Waals surface area contributed by atoms with Crippen LogP contribution in [0.5, 0.6) is 0 Å².